The van der Waals surface area contributed by atoms with E-state index in [1.807, 2.05) is 43.3 Å². The van der Waals surface area contributed by atoms with Crippen molar-refractivity contribution in [1.29, 1.82) is 0 Å². The highest BCUT2D eigenvalue weighted by atomic mass is 16.4. The van der Waals surface area contributed by atoms with Crippen molar-refractivity contribution in [2.24, 2.45) is 23.7 Å². The van der Waals surface area contributed by atoms with Gasteiger partial charge in [0.25, 0.3) is 0 Å². The number of carboxylic acid groups (broad SMARTS) is 1. The van der Waals surface area contributed by atoms with Gasteiger partial charge in [-0.15, -0.1) is 0 Å². The Morgan fingerprint density at radius 2 is 1.80 bits per heavy atom. The lowest BCUT2D eigenvalue weighted by molar-refractivity contribution is -0.146. The van der Waals surface area contributed by atoms with Crippen molar-refractivity contribution in [2.75, 3.05) is 5.32 Å². The van der Waals surface area contributed by atoms with Crippen LogP contribution in [0, 0.1) is 30.6 Å². The van der Waals surface area contributed by atoms with Crippen LogP contribution < -0.4 is 5.32 Å². The Hall–Kier alpha value is -2.10. The van der Waals surface area contributed by atoms with Crippen molar-refractivity contribution < 1.29 is 14.7 Å². The fraction of sp³-hybridized carbons (Fsp3) is 0.375. The molecule has 4 atom stereocenters. The van der Waals surface area contributed by atoms with E-state index in [-0.39, 0.29) is 17.7 Å². The second kappa shape index (κ2) is 4.78. The Labute approximate surface area is 117 Å². The monoisotopic (exact) mass is 271 g/mol. The summed E-state index contributed by atoms with van der Waals surface area (Å²) < 4.78 is 0. The number of aryl methyl sites for hydroxylation is 1. The van der Waals surface area contributed by atoms with Crippen molar-refractivity contribution in [3.63, 3.8) is 0 Å². The first-order chi connectivity index (χ1) is 9.58. The molecule has 0 aromatic heterocycles. The third-order valence-corrected chi connectivity index (χ3v) is 4.45. The van der Waals surface area contributed by atoms with E-state index in [2.05, 4.69) is 5.32 Å². The summed E-state index contributed by atoms with van der Waals surface area (Å²) in [5.74, 6) is -2.03. The minimum Gasteiger partial charge on any atom is -0.481 e. The summed E-state index contributed by atoms with van der Waals surface area (Å²) in [6.45, 7) is 1.92. The van der Waals surface area contributed by atoms with Crippen molar-refractivity contribution in [3.8, 4) is 0 Å². The van der Waals surface area contributed by atoms with Gasteiger partial charge in [0.15, 0.2) is 0 Å². The largest absolute Gasteiger partial charge is 0.481 e. The first-order valence-electron chi connectivity index (χ1n) is 6.85. The molecule has 2 aliphatic carbocycles. The van der Waals surface area contributed by atoms with Crippen molar-refractivity contribution in [1.82, 2.24) is 0 Å². The number of rotatable bonds is 3. The van der Waals surface area contributed by atoms with Crippen LogP contribution in [0.1, 0.15) is 12.0 Å². The number of aliphatic carboxylic acids is 1. The lowest BCUT2D eigenvalue weighted by Gasteiger charge is -2.24. The number of carboxylic acids is 1. The van der Waals surface area contributed by atoms with E-state index in [9.17, 15) is 14.7 Å². The maximum Gasteiger partial charge on any atom is 0.307 e. The second-order valence-electron chi connectivity index (χ2n) is 5.64. The van der Waals surface area contributed by atoms with Gasteiger partial charge in [-0.2, -0.15) is 0 Å². The van der Waals surface area contributed by atoms with Gasteiger partial charge in [-0.1, -0.05) is 30.4 Å². The van der Waals surface area contributed by atoms with Gasteiger partial charge in [-0.3, -0.25) is 9.59 Å². The number of carbonyl (C=O) groups is 2. The highest BCUT2D eigenvalue weighted by Gasteiger charge is 2.51. The third kappa shape index (κ3) is 2.01. The Morgan fingerprint density at radius 1 is 1.15 bits per heavy atom. The third-order valence-electron chi connectivity index (χ3n) is 4.45. The quantitative estimate of drug-likeness (QED) is 0.830. The van der Waals surface area contributed by atoms with Crippen LogP contribution in [0.2, 0.25) is 0 Å². The van der Waals surface area contributed by atoms with Gasteiger partial charge >= 0.3 is 5.97 Å². The van der Waals surface area contributed by atoms with Crippen LogP contribution in [-0.4, -0.2) is 17.0 Å². The lowest BCUT2D eigenvalue weighted by atomic mass is 9.82. The Bertz CT molecular complexity index is 593. The summed E-state index contributed by atoms with van der Waals surface area (Å²) in [5, 5.41) is 12.2. The molecule has 0 radical (unpaired) electrons. The van der Waals surface area contributed by atoms with E-state index in [0.29, 0.717) is 0 Å². The molecule has 20 heavy (non-hydrogen) atoms. The first kappa shape index (κ1) is 12.9. The standard InChI is InChI=1S/C16H17NO3/c1-9-4-2-3-5-12(9)17-15(18)13-10-6-7-11(8-10)14(13)16(19)20/h2-7,10-11,13-14H,8H2,1H3,(H,17,18)(H,19,20)/t10-,11+,13-,14+/m1/s1. The predicted octanol–water partition coefficient (Wildman–Crippen LogP) is 2.46. The summed E-state index contributed by atoms with van der Waals surface area (Å²) in [6, 6.07) is 7.53. The number of anilines is 1. The minimum atomic E-state index is -0.869. The number of para-hydroxylation sites is 1. The van der Waals surface area contributed by atoms with Gasteiger partial charge in [0.05, 0.1) is 11.8 Å². The number of carbonyl (C=O) groups excluding carboxylic acids is 1. The average molecular weight is 271 g/mol. The molecule has 1 amide bonds. The molecule has 1 fully saturated rings. The molecule has 4 heteroatoms. The van der Waals surface area contributed by atoms with Crippen molar-refractivity contribution in [3.05, 3.63) is 42.0 Å². The van der Waals surface area contributed by atoms with E-state index in [1.165, 1.54) is 0 Å². The maximum absolute atomic E-state index is 12.5. The number of nitrogens with one attached hydrogen (secondary N) is 1. The number of hydrogen-bond donors (Lipinski definition) is 2. The maximum atomic E-state index is 12.5. The predicted molar refractivity (Wildman–Crippen MR) is 75.2 cm³/mol. The molecule has 0 heterocycles. The fourth-order valence-corrected chi connectivity index (χ4v) is 3.45. The SMILES string of the molecule is Cc1ccccc1NC(=O)[C@H]1[C@@H](C(=O)O)[C@H]2C=C[C@@H]1C2. The van der Waals surface area contributed by atoms with Crippen LogP contribution in [0.4, 0.5) is 5.69 Å². The molecule has 2 aliphatic rings. The summed E-state index contributed by atoms with van der Waals surface area (Å²) in [5.41, 5.74) is 1.74. The van der Waals surface area contributed by atoms with Crippen LogP contribution in [0.15, 0.2) is 36.4 Å². The zero-order valence-corrected chi connectivity index (χ0v) is 11.2. The number of allylic oxidation sites excluding steroid dienone is 2. The van der Waals surface area contributed by atoms with Gasteiger partial charge in [0, 0.05) is 5.69 Å². The zero-order chi connectivity index (χ0) is 14.3. The van der Waals surface area contributed by atoms with Crippen LogP contribution in [0.5, 0.6) is 0 Å². The molecule has 0 spiro atoms. The number of amides is 1. The zero-order valence-electron chi connectivity index (χ0n) is 11.2. The van der Waals surface area contributed by atoms with E-state index < -0.39 is 17.8 Å². The van der Waals surface area contributed by atoms with Crippen LogP contribution >= 0.6 is 0 Å². The summed E-state index contributed by atoms with van der Waals surface area (Å²) in [6.07, 6.45) is 4.72. The highest BCUT2D eigenvalue weighted by Crippen LogP contribution is 2.48. The lowest BCUT2D eigenvalue weighted by Crippen LogP contribution is -2.36. The average Bonchev–Trinajstić information content (AvgIpc) is 3.01. The Balaban J connectivity index is 1.82. The molecule has 104 valence electrons. The summed E-state index contributed by atoms with van der Waals surface area (Å²) in [4.78, 5) is 23.9. The summed E-state index contributed by atoms with van der Waals surface area (Å²) >= 11 is 0. The van der Waals surface area contributed by atoms with Gasteiger partial charge in [-0.05, 0) is 36.8 Å². The van der Waals surface area contributed by atoms with E-state index in [4.69, 9.17) is 0 Å². The minimum absolute atomic E-state index is 0.00474. The van der Waals surface area contributed by atoms with E-state index in [0.717, 1.165) is 17.7 Å². The van der Waals surface area contributed by atoms with E-state index >= 15 is 0 Å². The smallest absolute Gasteiger partial charge is 0.307 e. The molecule has 2 bridgehead atoms. The van der Waals surface area contributed by atoms with E-state index in [1.54, 1.807) is 0 Å². The fourth-order valence-electron chi connectivity index (χ4n) is 3.45. The molecule has 3 rings (SSSR count). The molecule has 1 aromatic rings. The van der Waals surface area contributed by atoms with Crippen molar-refractivity contribution >= 4 is 17.6 Å². The first-order valence-corrected chi connectivity index (χ1v) is 6.85. The van der Waals surface area contributed by atoms with Crippen LogP contribution in [0.3, 0.4) is 0 Å². The van der Waals surface area contributed by atoms with Gasteiger partial charge in [-0.25, -0.2) is 0 Å². The van der Waals surface area contributed by atoms with Crippen LogP contribution in [0.25, 0.3) is 0 Å². The molecule has 1 aromatic carbocycles. The van der Waals surface area contributed by atoms with Gasteiger partial charge in [0.2, 0.25) is 5.91 Å². The molecule has 0 aliphatic heterocycles. The molecule has 2 N–H and O–H groups in total. The van der Waals surface area contributed by atoms with Crippen LogP contribution in [-0.2, 0) is 9.59 Å². The highest BCUT2D eigenvalue weighted by molar-refractivity contribution is 5.96. The Morgan fingerprint density at radius 3 is 2.45 bits per heavy atom. The van der Waals surface area contributed by atoms with Gasteiger partial charge < -0.3 is 10.4 Å². The molecule has 0 saturated heterocycles. The number of hydrogen-bond acceptors (Lipinski definition) is 2. The normalized spacial score (nSPS) is 30.4. The summed E-state index contributed by atoms with van der Waals surface area (Å²) in [7, 11) is 0. The number of benzene rings is 1. The number of fused-ring (bicyclic) bond motifs is 2. The topological polar surface area (TPSA) is 66.4 Å². The second-order valence-corrected chi connectivity index (χ2v) is 5.64. The van der Waals surface area contributed by atoms with Crippen molar-refractivity contribution in [2.45, 2.75) is 13.3 Å². The van der Waals surface area contributed by atoms with Gasteiger partial charge in [0.1, 0.15) is 0 Å². The Kier molecular flexibility index (Phi) is 3.08. The molecule has 0 unspecified atom stereocenters. The molecular formula is C16H17NO3. The molecular weight excluding hydrogens is 254 g/mol. The molecule has 1 saturated carbocycles. The molecule has 4 nitrogen and oxygen atoms in total.